The molecule has 0 amide bonds. The van der Waals surface area contributed by atoms with Crippen molar-refractivity contribution < 1.29 is 0 Å². The van der Waals surface area contributed by atoms with E-state index in [9.17, 15) is 0 Å². The van der Waals surface area contributed by atoms with Gasteiger partial charge in [-0.2, -0.15) is 0 Å². The van der Waals surface area contributed by atoms with E-state index in [2.05, 4.69) is 59.4 Å². The molecule has 2 nitrogen and oxygen atoms in total. The summed E-state index contributed by atoms with van der Waals surface area (Å²) in [5.41, 5.74) is 4.91. The van der Waals surface area contributed by atoms with Crippen molar-refractivity contribution in [1.29, 1.82) is 0 Å². The normalized spacial score (nSPS) is 11.2. The van der Waals surface area contributed by atoms with Gasteiger partial charge in [0.25, 0.3) is 0 Å². The number of nitrogens with one attached hydrogen (secondary N) is 1. The first-order chi connectivity index (χ1) is 10.2. The number of nitrogens with zero attached hydrogens (tertiary/aromatic N) is 1. The van der Waals surface area contributed by atoms with Gasteiger partial charge in [0.1, 0.15) is 0 Å². The Morgan fingerprint density at radius 3 is 2.67 bits per heavy atom. The van der Waals surface area contributed by atoms with Crippen LogP contribution >= 0.6 is 11.6 Å². The molecule has 0 fully saturated rings. The van der Waals surface area contributed by atoms with E-state index in [4.69, 9.17) is 11.6 Å². The molecule has 3 heteroatoms. The zero-order valence-electron chi connectivity index (χ0n) is 12.4. The first-order valence-electron chi connectivity index (χ1n) is 7.15. The third kappa shape index (κ3) is 2.82. The standard InChI is InChI=1S/C18H19ClN2/c1-13-7-8-14(17(19)9-13)11-21-12-15(10-20-2)16-5-3-4-6-18(16)21/h3-9,12,20H,10-11H2,1-2H3. The molecule has 0 radical (unpaired) electrons. The van der Waals surface area contributed by atoms with Crippen LogP contribution in [0.2, 0.25) is 5.02 Å². The molecule has 0 saturated heterocycles. The summed E-state index contributed by atoms with van der Waals surface area (Å²) < 4.78 is 2.28. The molecular formula is C18H19ClN2. The van der Waals surface area contributed by atoms with Crippen LogP contribution < -0.4 is 5.32 Å². The molecule has 0 bridgehead atoms. The number of para-hydroxylation sites is 1. The van der Waals surface area contributed by atoms with Crippen molar-refractivity contribution in [3.8, 4) is 0 Å². The van der Waals surface area contributed by atoms with Gasteiger partial charge in [0.2, 0.25) is 0 Å². The summed E-state index contributed by atoms with van der Waals surface area (Å²) in [7, 11) is 1.98. The highest BCUT2D eigenvalue weighted by molar-refractivity contribution is 6.31. The Labute approximate surface area is 130 Å². The first-order valence-corrected chi connectivity index (χ1v) is 7.53. The third-order valence-corrected chi connectivity index (χ3v) is 4.14. The van der Waals surface area contributed by atoms with Crippen LogP contribution in [0.4, 0.5) is 0 Å². The van der Waals surface area contributed by atoms with Gasteiger partial charge in [-0.15, -0.1) is 0 Å². The van der Waals surface area contributed by atoms with Gasteiger partial charge in [0.15, 0.2) is 0 Å². The molecule has 1 aromatic heterocycles. The number of halogens is 1. The number of benzene rings is 2. The Balaban J connectivity index is 2.04. The summed E-state index contributed by atoms with van der Waals surface area (Å²) in [5.74, 6) is 0. The number of aromatic nitrogens is 1. The average Bonchev–Trinajstić information content (AvgIpc) is 2.81. The maximum Gasteiger partial charge on any atom is 0.0491 e. The van der Waals surface area contributed by atoms with Gasteiger partial charge in [-0.1, -0.05) is 41.9 Å². The van der Waals surface area contributed by atoms with Crippen molar-refractivity contribution in [2.24, 2.45) is 0 Å². The maximum atomic E-state index is 6.37. The van der Waals surface area contributed by atoms with E-state index >= 15 is 0 Å². The molecule has 0 unspecified atom stereocenters. The predicted molar refractivity (Wildman–Crippen MR) is 90.0 cm³/mol. The van der Waals surface area contributed by atoms with Crippen LogP contribution in [0.1, 0.15) is 16.7 Å². The van der Waals surface area contributed by atoms with Gasteiger partial charge in [0.05, 0.1) is 0 Å². The molecule has 3 aromatic rings. The van der Waals surface area contributed by atoms with Crippen molar-refractivity contribution in [3.63, 3.8) is 0 Å². The Hall–Kier alpha value is -1.77. The van der Waals surface area contributed by atoms with Crippen molar-refractivity contribution in [2.45, 2.75) is 20.0 Å². The molecule has 0 saturated carbocycles. The summed E-state index contributed by atoms with van der Waals surface area (Å²) in [5, 5.41) is 5.37. The van der Waals surface area contributed by atoms with Gasteiger partial charge in [0, 0.05) is 35.2 Å². The molecule has 108 valence electrons. The lowest BCUT2D eigenvalue weighted by atomic mass is 10.1. The second-order valence-corrected chi connectivity index (χ2v) is 5.83. The second kappa shape index (κ2) is 5.92. The fourth-order valence-electron chi connectivity index (χ4n) is 2.75. The van der Waals surface area contributed by atoms with Gasteiger partial charge >= 0.3 is 0 Å². The summed E-state index contributed by atoms with van der Waals surface area (Å²) in [6, 6.07) is 14.8. The van der Waals surface area contributed by atoms with Crippen LogP contribution in [0.25, 0.3) is 10.9 Å². The van der Waals surface area contributed by atoms with E-state index in [1.807, 2.05) is 13.1 Å². The largest absolute Gasteiger partial charge is 0.343 e. The molecule has 0 aliphatic rings. The highest BCUT2D eigenvalue weighted by atomic mass is 35.5. The minimum Gasteiger partial charge on any atom is -0.343 e. The second-order valence-electron chi connectivity index (χ2n) is 5.42. The Morgan fingerprint density at radius 1 is 1.10 bits per heavy atom. The van der Waals surface area contributed by atoms with Crippen LogP contribution in [0, 0.1) is 6.92 Å². The van der Waals surface area contributed by atoms with Gasteiger partial charge in [-0.05, 0) is 42.8 Å². The number of fused-ring (bicyclic) bond motifs is 1. The smallest absolute Gasteiger partial charge is 0.0491 e. The van der Waals surface area contributed by atoms with Crippen LogP contribution in [0.15, 0.2) is 48.7 Å². The van der Waals surface area contributed by atoms with E-state index in [1.165, 1.54) is 22.0 Å². The zero-order valence-corrected chi connectivity index (χ0v) is 13.1. The fraction of sp³-hybridized carbons (Fsp3) is 0.222. The number of aryl methyl sites for hydroxylation is 1. The molecule has 0 aliphatic carbocycles. The van der Waals surface area contributed by atoms with Crippen LogP contribution in [0.5, 0.6) is 0 Å². The molecule has 0 aliphatic heterocycles. The summed E-state index contributed by atoms with van der Waals surface area (Å²) in [4.78, 5) is 0. The van der Waals surface area contributed by atoms with Crippen molar-refractivity contribution in [3.05, 3.63) is 70.4 Å². The lowest BCUT2D eigenvalue weighted by molar-refractivity contribution is 0.795. The Morgan fingerprint density at radius 2 is 1.90 bits per heavy atom. The monoisotopic (exact) mass is 298 g/mol. The molecule has 3 rings (SSSR count). The molecule has 1 heterocycles. The van der Waals surface area contributed by atoms with Crippen LogP contribution in [-0.2, 0) is 13.1 Å². The maximum absolute atomic E-state index is 6.37. The van der Waals surface area contributed by atoms with Crippen LogP contribution in [-0.4, -0.2) is 11.6 Å². The lowest BCUT2D eigenvalue weighted by Crippen LogP contribution is -2.04. The lowest BCUT2D eigenvalue weighted by Gasteiger charge is -2.08. The number of hydrogen-bond donors (Lipinski definition) is 1. The first kappa shape index (κ1) is 14.2. The quantitative estimate of drug-likeness (QED) is 0.757. The van der Waals surface area contributed by atoms with E-state index in [-0.39, 0.29) is 0 Å². The van der Waals surface area contributed by atoms with Gasteiger partial charge < -0.3 is 9.88 Å². The van der Waals surface area contributed by atoms with Crippen molar-refractivity contribution in [1.82, 2.24) is 9.88 Å². The highest BCUT2D eigenvalue weighted by Gasteiger charge is 2.09. The van der Waals surface area contributed by atoms with E-state index in [0.717, 1.165) is 23.7 Å². The van der Waals surface area contributed by atoms with E-state index < -0.39 is 0 Å². The number of rotatable bonds is 4. The third-order valence-electron chi connectivity index (χ3n) is 3.79. The summed E-state index contributed by atoms with van der Waals surface area (Å²) in [6.07, 6.45) is 2.22. The van der Waals surface area contributed by atoms with Crippen molar-refractivity contribution in [2.75, 3.05) is 7.05 Å². The zero-order chi connectivity index (χ0) is 14.8. The molecular weight excluding hydrogens is 280 g/mol. The highest BCUT2D eigenvalue weighted by Crippen LogP contribution is 2.25. The Bertz CT molecular complexity index is 774. The van der Waals surface area contributed by atoms with E-state index in [0.29, 0.717) is 0 Å². The fourth-order valence-corrected chi connectivity index (χ4v) is 3.04. The predicted octanol–water partition coefficient (Wildman–Crippen LogP) is 4.37. The number of hydrogen-bond acceptors (Lipinski definition) is 1. The van der Waals surface area contributed by atoms with E-state index in [1.54, 1.807) is 0 Å². The van der Waals surface area contributed by atoms with Gasteiger partial charge in [-0.3, -0.25) is 0 Å². The minimum absolute atomic E-state index is 0.795. The van der Waals surface area contributed by atoms with Crippen LogP contribution in [0.3, 0.4) is 0 Å². The minimum atomic E-state index is 0.795. The summed E-state index contributed by atoms with van der Waals surface area (Å²) >= 11 is 6.37. The Kier molecular flexibility index (Phi) is 4.00. The molecule has 21 heavy (non-hydrogen) atoms. The SMILES string of the molecule is CNCc1cn(Cc2ccc(C)cc2Cl)c2ccccc12. The topological polar surface area (TPSA) is 17.0 Å². The molecule has 2 aromatic carbocycles. The molecule has 0 atom stereocenters. The average molecular weight is 299 g/mol. The molecule has 0 spiro atoms. The van der Waals surface area contributed by atoms with Crippen molar-refractivity contribution >= 4 is 22.5 Å². The molecule has 1 N–H and O–H groups in total. The summed E-state index contributed by atoms with van der Waals surface area (Å²) in [6.45, 7) is 3.73. The van der Waals surface area contributed by atoms with Gasteiger partial charge in [-0.25, -0.2) is 0 Å².